The average molecular weight is 360 g/mol. The molecule has 1 rings (SSSR count). The number of rotatable bonds is 5. The van der Waals surface area contributed by atoms with Crippen LogP contribution >= 0.6 is 15.9 Å². The molecule has 0 radical (unpaired) electrons. The summed E-state index contributed by atoms with van der Waals surface area (Å²) >= 11 is 3.24. The van der Waals surface area contributed by atoms with Crippen LogP contribution in [0.15, 0.2) is 15.6 Å². The van der Waals surface area contributed by atoms with Gasteiger partial charge in [-0.05, 0) is 56.5 Å². The third-order valence-corrected chi connectivity index (χ3v) is 3.41. The minimum atomic E-state index is -0.581. The Morgan fingerprint density at radius 2 is 2.14 bits per heavy atom. The van der Waals surface area contributed by atoms with Crippen molar-refractivity contribution in [1.82, 2.24) is 9.55 Å². The molecule has 1 heterocycles. The molecule has 7 heteroatoms. The van der Waals surface area contributed by atoms with Gasteiger partial charge in [0.05, 0.1) is 12.0 Å². The fourth-order valence-electron chi connectivity index (χ4n) is 1.66. The Morgan fingerprint density at radius 1 is 1.52 bits per heavy atom. The van der Waals surface area contributed by atoms with Crippen LogP contribution in [0.1, 0.15) is 39.8 Å². The first kappa shape index (κ1) is 17.8. The van der Waals surface area contributed by atoms with Crippen LogP contribution in [0, 0.1) is 0 Å². The van der Waals surface area contributed by atoms with Crippen LogP contribution in [0.4, 0.5) is 0 Å². The van der Waals surface area contributed by atoms with E-state index in [1.165, 1.54) is 10.9 Å². The van der Waals surface area contributed by atoms with Gasteiger partial charge in [0, 0.05) is 6.04 Å². The third kappa shape index (κ3) is 5.97. The highest BCUT2D eigenvalue weighted by atomic mass is 79.9. The minimum absolute atomic E-state index is 0.0443. The second-order valence-corrected chi connectivity index (χ2v) is 6.83. The van der Waals surface area contributed by atoms with Gasteiger partial charge in [-0.3, -0.25) is 14.2 Å². The monoisotopic (exact) mass is 359 g/mol. The lowest BCUT2D eigenvalue weighted by Gasteiger charge is -2.19. The Balaban J connectivity index is 2.85. The molecule has 6 nitrogen and oxygen atoms in total. The lowest BCUT2D eigenvalue weighted by atomic mass is 10.1. The quantitative estimate of drug-likeness (QED) is 0.807. The van der Waals surface area contributed by atoms with Gasteiger partial charge in [0.1, 0.15) is 16.6 Å². The second kappa shape index (κ2) is 7.17. The lowest BCUT2D eigenvalue weighted by molar-refractivity contribution is -0.155. The zero-order valence-electron chi connectivity index (χ0n) is 12.9. The maximum Gasteiger partial charge on any atom is 0.326 e. The van der Waals surface area contributed by atoms with Gasteiger partial charge in [0.25, 0.3) is 5.56 Å². The Kier molecular flexibility index (Phi) is 6.10. The molecule has 0 spiro atoms. The molecule has 0 aliphatic heterocycles. The van der Waals surface area contributed by atoms with Crippen LogP contribution in [0.2, 0.25) is 0 Å². The number of aryl methyl sites for hydroxylation is 1. The Morgan fingerprint density at radius 3 is 2.67 bits per heavy atom. The molecule has 0 saturated heterocycles. The summed E-state index contributed by atoms with van der Waals surface area (Å²) in [6, 6.07) is 0.0443. The van der Waals surface area contributed by atoms with Crippen molar-refractivity contribution in [1.29, 1.82) is 0 Å². The number of aromatic nitrogens is 2. The summed E-state index contributed by atoms with van der Waals surface area (Å²) in [5.41, 5.74) is 5.47. The van der Waals surface area contributed by atoms with Gasteiger partial charge in [-0.25, -0.2) is 4.98 Å². The molecule has 0 saturated carbocycles. The van der Waals surface area contributed by atoms with E-state index in [1.54, 1.807) is 20.8 Å². The largest absolute Gasteiger partial charge is 0.459 e. The van der Waals surface area contributed by atoms with Crippen molar-refractivity contribution in [2.75, 3.05) is 0 Å². The summed E-state index contributed by atoms with van der Waals surface area (Å²) in [6.07, 6.45) is 2.72. The number of nitrogens with two attached hydrogens (primary N) is 1. The molecule has 1 aromatic rings. The van der Waals surface area contributed by atoms with E-state index in [4.69, 9.17) is 10.5 Å². The highest BCUT2D eigenvalue weighted by Gasteiger charge is 2.18. The normalized spacial score (nSPS) is 13.0. The van der Waals surface area contributed by atoms with Crippen molar-refractivity contribution in [2.45, 2.75) is 58.7 Å². The molecular weight excluding hydrogens is 338 g/mol. The summed E-state index contributed by atoms with van der Waals surface area (Å²) in [7, 11) is 0. The fraction of sp³-hybridized carbons (Fsp3) is 0.643. The van der Waals surface area contributed by atoms with E-state index in [0.717, 1.165) is 6.42 Å². The Bertz CT molecular complexity index is 562. The lowest BCUT2D eigenvalue weighted by Crippen LogP contribution is -2.31. The highest BCUT2D eigenvalue weighted by Crippen LogP contribution is 2.12. The highest BCUT2D eigenvalue weighted by molar-refractivity contribution is 9.10. The van der Waals surface area contributed by atoms with E-state index in [2.05, 4.69) is 20.9 Å². The molecule has 21 heavy (non-hydrogen) atoms. The van der Waals surface area contributed by atoms with Crippen molar-refractivity contribution in [3.63, 3.8) is 0 Å². The smallest absolute Gasteiger partial charge is 0.326 e. The standard InChI is InChI=1S/C14H22BrN3O3/c1-9(16)5-6-10-12(15)13(20)18(8-17-10)7-11(19)21-14(2,3)4/h8-9H,5-7,16H2,1-4H3/t9-/m1/s1. The Labute approximate surface area is 132 Å². The maximum absolute atomic E-state index is 12.2. The van der Waals surface area contributed by atoms with Gasteiger partial charge in [0.2, 0.25) is 0 Å². The molecule has 1 aromatic heterocycles. The number of halogens is 1. The van der Waals surface area contributed by atoms with E-state index in [9.17, 15) is 9.59 Å². The summed E-state index contributed by atoms with van der Waals surface area (Å²) in [5.74, 6) is -0.471. The number of carbonyl (C=O) groups is 1. The van der Waals surface area contributed by atoms with Crippen LogP contribution in [0.5, 0.6) is 0 Å². The molecule has 0 aliphatic rings. The maximum atomic E-state index is 12.2. The number of carbonyl (C=O) groups excluding carboxylic acids is 1. The first-order valence-electron chi connectivity index (χ1n) is 6.81. The van der Waals surface area contributed by atoms with Gasteiger partial charge in [-0.1, -0.05) is 0 Å². The molecule has 0 aromatic carbocycles. The third-order valence-electron chi connectivity index (χ3n) is 2.61. The van der Waals surface area contributed by atoms with Crippen LogP contribution in [-0.4, -0.2) is 27.2 Å². The molecule has 0 unspecified atom stereocenters. The average Bonchev–Trinajstić information content (AvgIpc) is 2.31. The molecule has 0 bridgehead atoms. The molecule has 0 amide bonds. The van der Waals surface area contributed by atoms with Gasteiger partial charge >= 0.3 is 5.97 Å². The van der Waals surface area contributed by atoms with Crippen molar-refractivity contribution in [2.24, 2.45) is 5.73 Å². The number of ether oxygens (including phenoxy) is 1. The SMILES string of the molecule is C[C@@H](N)CCc1ncn(CC(=O)OC(C)(C)C)c(=O)c1Br. The van der Waals surface area contributed by atoms with Gasteiger partial charge in [-0.2, -0.15) is 0 Å². The van der Waals surface area contributed by atoms with Crippen molar-refractivity contribution in [3.8, 4) is 0 Å². The molecule has 2 N–H and O–H groups in total. The summed E-state index contributed by atoms with van der Waals surface area (Å²) in [6.45, 7) is 7.07. The summed E-state index contributed by atoms with van der Waals surface area (Å²) in [5, 5.41) is 0. The molecule has 118 valence electrons. The number of esters is 1. The van der Waals surface area contributed by atoms with Crippen LogP contribution in [-0.2, 0) is 22.5 Å². The molecular formula is C14H22BrN3O3. The van der Waals surface area contributed by atoms with Gasteiger partial charge < -0.3 is 10.5 Å². The first-order valence-corrected chi connectivity index (χ1v) is 7.60. The van der Waals surface area contributed by atoms with E-state index in [-0.39, 0.29) is 18.1 Å². The minimum Gasteiger partial charge on any atom is -0.459 e. The number of hydrogen-bond donors (Lipinski definition) is 1. The van der Waals surface area contributed by atoms with Crippen LogP contribution in [0.3, 0.4) is 0 Å². The van der Waals surface area contributed by atoms with Gasteiger partial charge in [-0.15, -0.1) is 0 Å². The Hall–Kier alpha value is -1.21. The van der Waals surface area contributed by atoms with Crippen molar-refractivity contribution in [3.05, 3.63) is 26.8 Å². The van der Waals surface area contributed by atoms with Crippen molar-refractivity contribution >= 4 is 21.9 Å². The second-order valence-electron chi connectivity index (χ2n) is 6.04. The van der Waals surface area contributed by atoms with E-state index < -0.39 is 11.6 Å². The molecule has 1 atom stereocenters. The van der Waals surface area contributed by atoms with E-state index in [0.29, 0.717) is 16.6 Å². The topological polar surface area (TPSA) is 87.2 Å². The summed E-state index contributed by atoms with van der Waals surface area (Å²) < 4.78 is 6.79. The predicted molar refractivity (Wildman–Crippen MR) is 84.0 cm³/mol. The van der Waals surface area contributed by atoms with Gasteiger partial charge in [0.15, 0.2) is 0 Å². The number of hydrogen-bond acceptors (Lipinski definition) is 5. The van der Waals surface area contributed by atoms with Crippen LogP contribution in [0.25, 0.3) is 0 Å². The molecule has 0 aliphatic carbocycles. The van der Waals surface area contributed by atoms with E-state index >= 15 is 0 Å². The number of nitrogens with zero attached hydrogens (tertiary/aromatic N) is 2. The van der Waals surface area contributed by atoms with E-state index in [1.807, 2.05) is 6.92 Å². The predicted octanol–water partition coefficient (Wildman–Crippen LogP) is 1.63. The van der Waals surface area contributed by atoms with Crippen molar-refractivity contribution < 1.29 is 9.53 Å². The first-order chi connectivity index (χ1) is 9.60. The zero-order valence-corrected chi connectivity index (χ0v) is 14.4. The summed E-state index contributed by atoms with van der Waals surface area (Å²) in [4.78, 5) is 28.1. The zero-order chi connectivity index (χ0) is 16.2. The van der Waals surface area contributed by atoms with Crippen LogP contribution < -0.4 is 11.3 Å². The molecule has 0 fully saturated rings. The fourth-order valence-corrected chi connectivity index (χ4v) is 2.19.